The minimum Gasteiger partial charge on any atom is -0.379 e. The van der Waals surface area contributed by atoms with Crippen molar-refractivity contribution in [3.8, 4) is 10.6 Å². The monoisotopic (exact) mass is 343 g/mol. The highest BCUT2D eigenvalue weighted by Crippen LogP contribution is 2.30. The van der Waals surface area contributed by atoms with Gasteiger partial charge in [0.05, 0.1) is 18.9 Å². The van der Waals surface area contributed by atoms with E-state index in [1.54, 1.807) is 11.3 Å². The second-order valence-electron chi connectivity index (χ2n) is 6.73. The fraction of sp³-hybridized carbons (Fsp3) is 0.526. The van der Waals surface area contributed by atoms with Gasteiger partial charge in [0.1, 0.15) is 5.01 Å². The van der Waals surface area contributed by atoms with Crippen LogP contribution in [-0.4, -0.2) is 36.8 Å². The maximum Gasteiger partial charge on any atom is 0.123 e. The Labute approximate surface area is 147 Å². The molecule has 3 atom stereocenters. The molecule has 5 heteroatoms. The largest absolute Gasteiger partial charge is 0.379 e. The van der Waals surface area contributed by atoms with E-state index in [1.807, 2.05) is 6.07 Å². The molecule has 1 aromatic carbocycles. The first-order valence-electron chi connectivity index (χ1n) is 8.94. The van der Waals surface area contributed by atoms with Crippen LogP contribution in [-0.2, 0) is 11.3 Å². The molecule has 3 unspecified atom stereocenters. The molecular formula is C19H25N3OS. The maximum atomic E-state index is 5.66. The number of nitrogens with zero attached hydrogens (tertiary/aromatic N) is 1. The topological polar surface area (TPSA) is 46.2 Å². The van der Waals surface area contributed by atoms with Gasteiger partial charge >= 0.3 is 0 Å². The van der Waals surface area contributed by atoms with Crippen molar-refractivity contribution in [2.45, 2.75) is 37.9 Å². The SMILES string of the molecule is c1ccc(-c2nc(CNC3CCCC3C3COCCN3)cs2)cc1. The molecule has 1 aromatic heterocycles. The molecule has 0 amide bonds. The first-order valence-corrected chi connectivity index (χ1v) is 9.82. The van der Waals surface area contributed by atoms with Gasteiger partial charge in [-0.3, -0.25) is 0 Å². The molecule has 2 heterocycles. The maximum absolute atomic E-state index is 5.66. The van der Waals surface area contributed by atoms with Crippen LogP contribution >= 0.6 is 11.3 Å². The van der Waals surface area contributed by atoms with Crippen LogP contribution in [0.5, 0.6) is 0 Å². The average molecular weight is 343 g/mol. The summed E-state index contributed by atoms with van der Waals surface area (Å²) in [5, 5.41) is 10.7. The summed E-state index contributed by atoms with van der Waals surface area (Å²) in [6.45, 7) is 3.55. The molecule has 24 heavy (non-hydrogen) atoms. The summed E-state index contributed by atoms with van der Waals surface area (Å²) in [5.74, 6) is 0.678. The first kappa shape index (κ1) is 16.2. The van der Waals surface area contributed by atoms with Gasteiger partial charge in [-0.2, -0.15) is 0 Å². The lowest BCUT2D eigenvalue weighted by atomic mass is 9.94. The number of benzene rings is 1. The van der Waals surface area contributed by atoms with E-state index in [2.05, 4.69) is 40.3 Å². The average Bonchev–Trinajstić information content (AvgIpc) is 3.31. The Hall–Kier alpha value is -1.27. The minimum atomic E-state index is 0.508. The number of hydrogen-bond acceptors (Lipinski definition) is 5. The van der Waals surface area contributed by atoms with E-state index < -0.39 is 0 Å². The molecule has 2 N–H and O–H groups in total. The Morgan fingerprint density at radius 2 is 2.17 bits per heavy atom. The molecule has 4 nitrogen and oxygen atoms in total. The molecule has 2 aromatic rings. The number of rotatable bonds is 5. The molecule has 1 aliphatic carbocycles. The van der Waals surface area contributed by atoms with Crippen LogP contribution in [0.4, 0.5) is 0 Å². The lowest BCUT2D eigenvalue weighted by molar-refractivity contribution is 0.0524. The zero-order valence-electron chi connectivity index (χ0n) is 13.9. The molecule has 0 spiro atoms. The second kappa shape index (κ2) is 7.74. The second-order valence-corrected chi connectivity index (χ2v) is 7.59. The van der Waals surface area contributed by atoms with Gasteiger partial charge < -0.3 is 15.4 Å². The van der Waals surface area contributed by atoms with E-state index in [1.165, 1.54) is 24.8 Å². The van der Waals surface area contributed by atoms with Crippen LogP contribution in [0.1, 0.15) is 25.0 Å². The van der Waals surface area contributed by atoms with Gasteiger partial charge in [-0.15, -0.1) is 11.3 Å². The van der Waals surface area contributed by atoms with Gasteiger partial charge in [0.25, 0.3) is 0 Å². The Balaban J connectivity index is 1.35. The van der Waals surface area contributed by atoms with Crippen molar-refractivity contribution >= 4 is 11.3 Å². The minimum absolute atomic E-state index is 0.508. The predicted molar refractivity (Wildman–Crippen MR) is 98.1 cm³/mol. The van der Waals surface area contributed by atoms with Gasteiger partial charge in [-0.25, -0.2) is 4.98 Å². The Morgan fingerprint density at radius 3 is 3.00 bits per heavy atom. The fourth-order valence-electron chi connectivity index (χ4n) is 3.92. The molecule has 1 saturated carbocycles. The summed E-state index contributed by atoms with van der Waals surface area (Å²) in [6, 6.07) is 11.5. The number of morpholine rings is 1. The molecule has 4 rings (SSSR count). The highest BCUT2D eigenvalue weighted by atomic mass is 32.1. The third-order valence-corrected chi connectivity index (χ3v) is 6.09. The van der Waals surface area contributed by atoms with E-state index in [0.29, 0.717) is 18.0 Å². The number of nitrogens with one attached hydrogen (secondary N) is 2. The van der Waals surface area contributed by atoms with Crippen molar-refractivity contribution in [2.75, 3.05) is 19.8 Å². The molecule has 2 fully saturated rings. The van der Waals surface area contributed by atoms with Crippen molar-refractivity contribution in [2.24, 2.45) is 5.92 Å². The van der Waals surface area contributed by atoms with Gasteiger partial charge in [0.2, 0.25) is 0 Å². The summed E-state index contributed by atoms with van der Waals surface area (Å²) in [7, 11) is 0. The third-order valence-electron chi connectivity index (χ3n) is 5.15. The van der Waals surface area contributed by atoms with Gasteiger partial charge in [-0.05, 0) is 18.8 Å². The Morgan fingerprint density at radius 1 is 1.25 bits per heavy atom. The van der Waals surface area contributed by atoms with E-state index in [9.17, 15) is 0 Å². The van der Waals surface area contributed by atoms with Crippen molar-refractivity contribution in [3.05, 3.63) is 41.4 Å². The van der Waals surface area contributed by atoms with Crippen LogP contribution in [0.25, 0.3) is 10.6 Å². The molecule has 2 aliphatic rings. The zero-order chi connectivity index (χ0) is 16.2. The van der Waals surface area contributed by atoms with E-state index >= 15 is 0 Å². The number of ether oxygens (including phenoxy) is 1. The standard InChI is InChI=1S/C19H25N3OS/c1-2-5-14(6-3-1)19-22-15(13-24-19)11-21-17-8-4-7-16(17)18-12-23-10-9-20-18/h1-3,5-6,13,16-18,20-21H,4,7-12H2. The molecule has 0 bridgehead atoms. The molecular weight excluding hydrogens is 318 g/mol. The quantitative estimate of drug-likeness (QED) is 0.876. The van der Waals surface area contributed by atoms with Crippen LogP contribution in [0, 0.1) is 5.92 Å². The Kier molecular flexibility index (Phi) is 5.23. The highest BCUT2D eigenvalue weighted by molar-refractivity contribution is 7.13. The molecule has 1 saturated heterocycles. The lowest BCUT2D eigenvalue weighted by Gasteiger charge is -2.32. The summed E-state index contributed by atoms with van der Waals surface area (Å²) >= 11 is 1.73. The lowest BCUT2D eigenvalue weighted by Crippen LogP contribution is -2.50. The van der Waals surface area contributed by atoms with Crippen molar-refractivity contribution in [1.82, 2.24) is 15.6 Å². The van der Waals surface area contributed by atoms with Crippen LogP contribution in [0.2, 0.25) is 0 Å². The van der Waals surface area contributed by atoms with Crippen LogP contribution in [0.15, 0.2) is 35.7 Å². The zero-order valence-corrected chi connectivity index (χ0v) is 14.7. The van der Waals surface area contributed by atoms with Gasteiger partial charge in [0, 0.05) is 36.1 Å². The summed E-state index contributed by atoms with van der Waals surface area (Å²) in [5.41, 5.74) is 2.36. The van der Waals surface area contributed by atoms with E-state index in [0.717, 1.165) is 37.0 Å². The number of hydrogen-bond donors (Lipinski definition) is 2. The van der Waals surface area contributed by atoms with E-state index in [-0.39, 0.29) is 0 Å². The number of thiazole rings is 1. The summed E-state index contributed by atoms with van der Waals surface area (Å²) in [4.78, 5) is 4.79. The van der Waals surface area contributed by atoms with Crippen molar-refractivity contribution in [1.29, 1.82) is 0 Å². The van der Waals surface area contributed by atoms with Crippen molar-refractivity contribution in [3.63, 3.8) is 0 Å². The summed E-state index contributed by atoms with van der Waals surface area (Å²) < 4.78 is 5.66. The van der Waals surface area contributed by atoms with Gasteiger partial charge in [-0.1, -0.05) is 36.8 Å². The number of aromatic nitrogens is 1. The molecule has 128 valence electrons. The van der Waals surface area contributed by atoms with Crippen LogP contribution in [0.3, 0.4) is 0 Å². The highest BCUT2D eigenvalue weighted by Gasteiger charge is 2.34. The first-order chi connectivity index (χ1) is 11.9. The van der Waals surface area contributed by atoms with Crippen molar-refractivity contribution < 1.29 is 4.74 Å². The smallest absolute Gasteiger partial charge is 0.123 e. The Bertz CT molecular complexity index is 639. The molecule has 1 aliphatic heterocycles. The summed E-state index contributed by atoms with van der Waals surface area (Å²) in [6.07, 6.45) is 3.87. The van der Waals surface area contributed by atoms with Crippen LogP contribution < -0.4 is 10.6 Å². The fourth-order valence-corrected chi connectivity index (χ4v) is 4.75. The third kappa shape index (κ3) is 3.70. The normalized spacial score (nSPS) is 27.4. The van der Waals surface area contributed by atoms with Gasteiger partial charge in [0.15, 0.2) is 0 Å². The molecule has 0 radical (unpaired) electrons. The van der Waals surface area contributed by atoms with E-state index in [4.69, 9.17) is 9.72 Å². The predicted octanol–water partition coefficient (Wildman–Crippen LogP) is 3.06.